The number of aromatic nitrogens is 3. The first-order chi connectivity index (χ1) is 10.2. The lowest BCUT2D eigenvalue weighted by Gasteiger charge is -2.07. The molecule has 0 aliphatic carbocycles. The predicted octanol–water partition coefficient (Wildman–Crippen LogP) is 2.39. The maximum atomic E-state index is 12.6. The molecule has 2 N–H and O–H groups in total. The summed E-state index contributed by atoms with van der Waals surface area (Å²) < 4.78 is 1.53. The van der Waals surface area contributed by atoms with E-state index in [1.807, 2.05) is 43.3 Å². The van der Waals surface area contributed by atoms with E-state index in [0.717, 1.165) is 11.3 Å². The van der Waals surface area contributed by atoms with Gasteiger partial charge in [-0.1, -0.05) is 35.5 Å². The minimum Gasteiger partial charge on any atom is -0.398 e. The van der Waals surface area contributed by atoms with E-state index in [0.29, 0.717) is 16.9 Å². The third-order valence-electron chi connectivity index (χ3n) is 3.32. The molecule has 0 saturated carbocycles. The fourth-order valence-electron chi connectivity index (χ4n) is 2.08. The highest BCUT2D eigenvalue weighted by atomic mass is 16.1. The van der Waals surface area contributed by atoms with Gasteiger partial charge in [0.2, 0.25) is 5.78 Å². The van der Waals surface area contributed by atoms with Gasteiger partial charge in [-0.05, 0) is 30.7 Å². The number of para-hydroxylation sites is 1. The van der Waals surface area contributed by atoms with Crippen LogP contribution in [0.3, 0.4) is 0 Å². The second-order valence-corrected chi connectivity index (χ2v) is 4.77. The Morgan fingerprint density at radius 2 is 1.90 bits per heavy atom. The summed E-state index contributed by atoms with van der Waals surface area (Å²) in [5, 5.41) is 7.83. The van der Waals surface area contributed by atoms with Crippen molar-refractivity contribution in [3.8, 4) is 5.69 Å². The fraction of sp³-hybridized carbons (Fsp3) is 0.0625. The number of nitrogen functional groups attached to an aromatic ring is 1. The summed E-state index contributed by atoms with van der Waals surface area (Å²) in [6, 6.07) is 14.7. The van der Waals surface area contributed by atoms with Crippen molar-refractivity contribution in [1.29, 1.82) is 0 Å². The van der Waals surface area contributed by atoms with Crippen molar-refractivity contribution in [2.45, 2.75) is 6.92 Å². The Labute approximate surface area is 122 Å². The molecule has 3 aromatic rings. The molecule has 21 heavy (non-hydrogen) atoms. The number of ketones is 1. The first-order valence-corrected chi connectivity index (χ1v) is 6.54. The van der Waals surface area contributed by atoms with Gasteiger partial charge in [0.1, 0.15) is 5.69 Å². The number of hydrogen-bond acceptors (Lipinski definition) is 4. The molecule has 5 nitrogen and oxygen atoms in total. The summed E-state index contributed by atoms with van der Waals surface area (Å²) >= 11 is 0. The molecule has 0 radical (unpaired) electrons. The van der Waals surface area contributed by atoms with Gasteiger partial charge in [-0.25, -0.2) is 4.68 Å². The quantitative estimate of drug-likeness (QED) is 0.589. The number of nitrogens with zero attached hydrogens (tertiary/aromatic N) is 3. The zero-order chi connectivity index (χ0) is 14.8. The SMILES string of the molecule is Cc1ccc(C(=O)c2cnnn2-c2ccccc2)cc1N. The van der Waals surface area contributed by atoms with E-state index < -0.39 is 0 Å². The van der Waals surface area contributed by atoms with Crippen LogP contribution in [0.1, 0.15) is 21.6 Å². The topological polar surface area (TPSA) is 73.8 Å². The highest BCUT2D eigenvalue weighted by molar-refractivity contribution is 6.08. The molecule has 1 aromatic heterocycles. The smallest absolute Gasteiger partial charge is 0.213 e. The van der Waals surface area contributed by atoms with E-state index in [4.69, 9.17) is 5.73 Å². The van der Waals surface area contributed by atoms with Crippen molar-refractivity contribution in [2.75, 3.05) is 5.73 Å². The van der Waals surface area contributed by atoms with Gasteiger partial charge in [-0.15, -0.1) is 5.10 Å². The maximum absolute atomic E-state index is 12.6. The minimum atomic E-state index is -0.157. The third kappa shape index (κ3) is 2.41. The van der Waals surface area contributed by atoms with Crippen LogP contribution in [0.5, 0.6) is 0 Å². The van der Waals surface area contributed by atoms with E-state index in [1.54, 1.807) is 12.1 Å². The lowest BCUT2D eigenvalue weighted by molar-refractivity contribution is 0.103. The van der Waals surface area contributed by atoms with Crippen molar-refractivity contribution in [1.82, 2.24) is 15.0 Å². The Bertz CT molecular complexity index is 793. The molecule has 0 unspecified atom stereocenters. The van der Waals surface area contributed by atoms with E-state index in [9.17, 15) is 4.79 Å². The van der Waals surface area contributed by atoms with Crippen LogP contribution in [-0.4, -0.2) is 20.8 Å². The fourth-order valence-corrected chi connectivity index (χ4v) is 2.08. The van der Waals surface area contributed by atoms with Crippen molar-refractivity contribution >= 4 is 11.5 Å². The average Bonchev–Trinajstić information content (AvgIpc) is 2.99. The van der Waals surface area contributed by atoms with E-state index in [1.165, 1.54) is 10.9 Å². The summed E-state index contributed by atoms with van der Waals surface area (Å²) in [6.45, 7) is 1.90. The summed E-state index contributed by atoms with van der Waals surface area (Å²) in [6.07, 6.45) is 1.46. The lowest BCUT2D eigenvalue weighted by Crippen LogP contribution is -2.10. The van der Waals surface area contributed by atoms with Gasteiger partial charge in [-0.3, -0.25) is 4.79 Å². The number of benzene rings is 2. The summed E-state index contributed by atoms with van der Waals surface area (Å²) in [4.78, 5) is 12.6. The molecule has 0 fully saturated rings. The van der Waals surface area contributed by atoms with Crippen molar-refractivity contribution in [3.63, 3.8) is 0 Å². The van der Waals surface area contributed by atoms with Crippen LogP contribution >= 0.6 is 0 Å². The molecular formula is C16H14N4O. The molecule has 104 valence electrons. The number of rotatable bonds is 3. The molecule has 3 rings (SSSR count). The average molecular weight is 278 g/mol. The Hall–Kier alpha value is -2.95. The van der Waals surface area contributed by atoms with Gasteiger partial charge in [0, 0.05) is 11.3 Å². The van der Waals surface area contributed by atoms with Crippen LogP contribution in [0, 0.1) is 6.92 Å². The molecule has 5 heteroatoms. The van der Waals surface area contributed by atoms with E-state index in [2.05, 4.69) is 10.3 Å². The van der Waals surface area contributed by atoms with Gasteiger partial charge in [0.15, 0.2) is 0 Å². The predicted molar refractivity (Wildman–Crippen MR) is 80.4 cm³/mol. The standard InChI is InChI=1S/C16H14N4O/c1-11-7-8-12(9-14(11)17)16(21)15-10-18-19-20(15)13-5-3-2-4-6-13/h2-10H,17H2,1H3. The van der Waals surface area contributed by atoms with Gasteiger partial charge in [0.25, 0.3) is 0 Å². The summed E-state index contributed by atoms with van der Waals surface area (Å²) in [7, 11) is 0. The first kappa shape index (κ1) is 13.1. The summed E-state index contributed by atoms with van der Waals surface area (Å²) in [5.74, 6) is -0.157. The molecule has 1 heterocycles. The van der Waals surface area contributed by atoms with Gasteiger partial charge >= 0.3 is 0 Å². The first-order valence-electron chi connectivity index (χ1n) is 6.54. The summed E-state index contributed by atoms with van der Waals surface area (Å²) in [5.41, 5.74) is 9.14. The van der Waals surface area contributed by atoms with Crippen LogP contribution in [-0.2, 0) is 0 Å². The van der Waals surface area contributed by atoms with Crippen LogP contribution in [0.2, 0.25) is 0 Å². The third-order valence-corrected chi connectivity index (χ3v) is 3.32. The molecule has 0 aliphatic rings. The van der Waals surface area contributed by atoms with E-state index >= 15 is 0 Å². The zero-order valence-corrected chi connectivity index (χ0v) is 11.5. The van der Waals surface area contributed by atoms with Crippen molar-refractivity contribution < 1.29 is 4.79 Å². The molecule has 0 saturated heterocycles. The normalized spacial score (nSPS) is 10.5. The minimum absolute atomic E-state index is 0.157. The van der Waals surface area contributed by atoms with Crippen molar-refractivity contribution in [3.05, 3.63) is 71.5 Å². The van der Waals surface area contributed by atoms with E-state index in [-0.39, 0.29) is 5.78 Å². The van der Waals surface area contributed by atoms with Gasteiger partial charge < -0.3 is 5.73 Å². The largest absolute Gasteiger partial charge is 0.398 e. The highest BCUT2D eigenvalue weighted by Gasteiger charge is 2.17. The number of carbonyl (C=O) groups excluding carboxylic acids is 1. The molecule has 0 atom stereocenters. The number of hydrogen-bond donors (Lipinski definition) is 1. The number of nitrogens with two attached hydrogens (primary N) is 1. The van der Waals surface area contributed by atoms with Crippen LogP contribution in [0.15, 0.2) is 54.7 Å². The second-order valence-electron chi connectivity index (χ2n) is 4.77. The van der Waals surface area contributed by atoms with Crippen molar-refractivity contribution in [2.24, 2.45) is 0 Å². The van der Waals surface area contributed by atoms with Crippen LogP contribution in [0.4, 0.5) is 5.69 Å². The maximum Gasteiger partial charge on any atom is 0.213 e. The zero-order valence-electron chi connectivity index (χ0n) is 11.5. The van der Waals surface area contributed by atoms with Crippen LogP contribution in [0.25, 0.3) is 5.69 Å². The second kappa shape index (κ2) is 5.20. The number of aryl methyl sites for hydroxylation is 1. The monoisotopic (exact) mass is 278 g/mol. The molecule has 0 spiro atoms. The Morgan fingerprint density at radius 1 is 1.14 bits per heavy atom. The molecule has 2 aromatic carbocycles. The van der Waals surface area contributed by atoms with Gasteiger partial charge in [-0.2, -0.15) is 0 Å². The van der Waals surface area contributed by atoms with Gasteiger partial charge in [0.05, 0.1) is 11.9 Å². The molecule has 0 aliphatic heterocycles. The number of carbonyl (C=O) groups is 1. The Morgan fingerprint density at radius 3 is 2.62 bits per heavy atom. The lowest BCUT2D eigenvalue weighted by atomic mass is 10.1. The van der Waals surface area contributed by atoms with Crippen LogP contribution < -0.4 is 5.73 Å². The molecular weight excluding hydrogens is 264 g/mol. The molecule has 0 amide bonds. The Balaban J connectivity index is 2.03. The Kier molecular flexibility index (Phi) is 3.23. The number of anilines is 1. The molecule has 0 bridgehead atoms. The highest BCUT2D eigenvalue weighted by Crippen LogP contribution is 2.17.